The van der Waals surface area contributed by atoms with Crippen molar-refractivity contribution in [1.82, 2.24) is 19.9 Å². The minimum Gasteiger partial charge on any atom is -0.463 e. The van der Waals surface area contributed by atoms with Gasteiger partial charge in [-0.2, -0.15) is 18.4 Å². The Morgan fingerprint density at radius 3 is 2.46 bits per heavy atom. The summed E-state index contributed by atoms with van der Waals surface area (Å²) in [5, 5.41) is 0.000306. The van der Waals surface area contributed by atoms with Crippen LogP contribution >= 0.6 is 11.6 Å². The first-order valence-corrected chi connectivity index (χ1v) is 14.5. The molecule has 4 heterocycles. The Balaban J connectivity index is 1.42. The molecule has 3 atom stereocenters. The number of nitrogens with zero attached hydrogens (tertiary/aromatic N) is 5. The summed E-state index contributed by atoms with van der Waals surface area (Å²) in [5.41, 5.74) is -1.35. The van der Waals surface area contributed by atoms with Gasteiger partial charge < -0.3 is 14.4 Å². The molecule has 1 saturated carbocycles. The molecule has 5 rings (SSSR count). The summed E-state index contributed by atoms with van der Waals surface area (Å²) >= 11 is 5.95. The van der Waals surface area contributed by atoms with Crippen LogP contribution in [0.2, 0.25) is 5.15 Å². The maximum Gasteiger partial charge on any atom is 0.410 e. The molecule has 3 unspecified atom stereocenters. The number of pyridine rings is 1. The standard InChI is InChI=1S/C24H31ClFN5O7S/c1-13(38-39(33,34)35)24(7-8-24)12-36-21-28-18-16(9-27-19(25)17(18)26)20(29-21)30-10-14-5-6-15(11-30)31(14)22(32)37-23(2,3)4/h9,13-15H,5-8,10-12H2,1-4H3,(H,33,34,35). The normalized spacial score (nSPS) is 23.2. The van der Waals surface area contributed by atoms with E-state index in [1.165, 1.54) is 13.1 Å². The first kappa shape index (κ1) is 28.0. The smallest absolute Gasteiger partial charge is 0.410 e. The van der Waals surface area contributed by atoms with E-state index < -0.39 is 33.3 Å². The second kappa shape index (κ2) is 9.82. The second-order valence-corrected chi connectivity index (χ2v) is 12.9. The zero-order valence-electron chi connectivity index (χ0n) is 22.1. The van der Waals surface area contributed by atoms with Crippen molar-refractivity contribution in [2.75, 3.05) is 24.6 Å². The number of amides is 1. The van der Waals surface area contributed by atoms with Gasteiger partial charge in [-0.25, -0.2) is 18.4 Å². The van der Waals surface area contributed by atoms with Crippen LogP contribution in [0.25, 0.3) is 10.9 Å². The summed E-state index contributed by atoms with van der Waals surface area (Å²) < 4.78 is 62.7. The molecule has 2 aromatic heterocycles. The van der Waals surface area contributed by atoms with Crippen LogP contribution in [0.1, 0.15) is 53.4 Å². The van der Waals surface area contributed by atoms with Gasteiger partial charge >= 0.3 is 22.5 Å². The Kier molecular flexibility index (Phi) is 7.05. The Morgan fingerprint density at radius 1 is 1.26 bits per heavy atom. The number of hydrogen-bond acceptors (Lipinski definition) is 10. The van der Waals surface area contributed by atoms with E-state index >= 15 is 4.39 Å². The van der Waals surface area contributed by atoms with Gasteiger partial charge in [-0.1, -0.05) is 11.6 Å². The van der Waals surface area contributed by atoms with Crippen molar-refractivity contribution in [1.29, 1.82) is 0 Å². The van der Waals surface area contributed by atoms with Gasteiger partial charge in [0.1, 0.15) is 16.9 Å². The van der Waals surface area contributed by atoms with Crippen LogP contribution in [0.5, 0.6) is 6.01 Å². The van der Waals surface area contributed by atoms with E-state index in [1.54, 1.807) is 4.90 Å². The molecule has 2 aliphatic heterocycles. The van der Waals surface area contributed by atoms with E-state index in [0.29, 0.717) is 37.1 Å². The van der Waals surface area contributed by atoms with Crippen molar-refractivity contribution in [3.05, 3.63) is 17.2 Å². The zero-order chi connectivity index (χ0) is 28.3. The number of anilines is 1. The fourth-order valence-electron chi connectivity index (χ4n) is 5.32. The van der Waals surface area contributed by atoms with Gasteiger partial charge in [0, 0.05) is 24.7 Å². The Hall–Kier alpha value is -2.55. The zero-order valence-corrected chi connectivity index (χ0v) is 23.6. The molecule has 15 heteroatoms. The number of carbonyl (C=O) groups is 1. The fourth-order valence-corrected chi connectivity index (χ4v) is 6.02. The maximum absolute atomic E-state index is 15.1. The third-order valence-electron chi connectivity index (χ3n) is 7.50. The highest BCUT2D eigenvalue weighted by molar-refractivity contribution is 7.80. The van der Waals surface area contributed by atoms with Crippen molar-refractivity contribution < 1.29 is 35.8 Å². The lowest BCUT2D eigenvalue weighted by molar-refractivity contribution is 0.0122. The Labute approximate surface area is 230 Å². The predicted molar refractivity (Wildman–Crippen MR) is 139 cm³/mol. The van der Waals surface area contributed by atoms with Gasteiger partial charge in [-0.3, -0.25) is 9.45 Å². The minimum atomic E-state index is -4.64. The quantitative estimate of drug-likeness (QED) is 0.373. The summed E-state index contributed by atoms with van der Waals surface area (Å²) in [4.78, 5) is 29.4. The SMILES string of the molecule is CC(OS(=O)(=O)O)C1(COc2nc(N3CC4CCC(C3)N4C(=O)OC(C)(C)C)c3cnc(Cl)c(F)c3n2)CC1. The van der Waals surface area contributed by atoms with Crippen LogP contribution in [0.15, 0.2) is 6.20 Å². The van der Waals surface area contributed by atoms with Crippen molar-refractivity contribution in [2.45, 2.75) is 77.2 Å². The van der Waals surface area contributed by atoms with Gasteiger partial charge in [0.15, 0.2) is 11.0 Å². The number of rotatable bonds is 7. The molecule has 0 aromatic carbocycles. The van der Waals surface area contributed by atoms with Gasteiger partial charge in [0.05, 0.1) is 30.2 Å². The van der Waals surface area contributed by atoms with Gasteiger partial charge in [0.2, 0.25) is 0 Å². The van der Waals surface area contributed by atoms with E-state index in [0.717, 1.165) is 12.8 Å². The maximum atomic E-state index is 15.1. The van der Waals surface area contributed by atoms with Crippen LogP contribution in [0.4, 0.5) is 15.0 Å². The molecular weight excluding hydrogens is 557 g/mol. The van der Waals surface area contributed by atoms with Crippen LogP contribution in [0, 0.1) is 11.2 Å². The van der Waals surface area contributed by atoms with Crippen molar-refractivity contribution in [3.63, 3.8) is 0 Å². The van der Waals surface area contributed by atoms with Crippen LogP contribution in [0.3, 0.4) is 0 Å². The average molecular weight is 588 g/mol. The molecule has 3 aliphatic rings. The van der Waals surface area contributed by atoms with Gasteiger partial charge in [-0.15, -0.1) is 0 Å². The molecule has 12 nitrogen and oxygen atoms in total. The van der Waals surface area contributed by atoms with Crippen molar-refractivity contribution in [2.24, 2.45) is 5.41 Å². The van der Waals surface area contributed by atoms with Crippen LogP contribution in [-0.2, 0) is 19.3 Å². The van der Waals surface area contributed by atoms with Crippen molar-refractivity contribution >= 4 is 44.8 Å². The second-order valence-electron chi connectivity index (χ2n) is 11.4. The predicted octanol–water partition coefficient (Wildman–Crippen LogP) is 3.77. The van der Waals surface area contributed by atoms with E-state index in [-0.39, 0.29) is 41.5 Å². The third-order valence-corrected chi connectivity index (χ3v) is 8.29. The molecule has 2 bridgehead atoms. The molecule has 1 N–H and O–H groups in total. The Bertz CT molecular complexity index is 1390. The molecular formula is C24H31ClFN5O7S. The summed E-state index contributed by atoms with van der Waals surface area (Å²) in [7, 11) is -4.64. The highest BCUT2D eigenvalue weighted by Gasteiger charge is 2.51. The van der Waals surface area contributed by atoms with E-state index in [2.05, 4.69) is 15.0 Å². The Morgan fingerprint density at radius 2 is 1.90 bits per heavy atom. The number of hydrogen-bond donors (Lipinski definition) is 1. The van der Waals surface area contributed by atoms with Crippen LogP contribution in [-0.4, -0.2) is 82.4 Å². The van der Waals surface area contributed by atoms with Crippen molar-refractivity contribution in [3.8, 4) is 6.01 Å². The first-order chi connectivity index (χ1) is 18.2. The third kappa shape index (κ3) is 5.83. The molecule has 1 amide bonds. The average Bonchev–Trinajstić information content (AvgIpc) is 3.57. The molecule has 39 heavy (non-hydrogen) atoms. The van der Waals surface area contributed by atoms with E-state index in [4.69, 9.17) is 29.8 Å². The van der Waals surface area contributed by atoms with E-state index in [1.807, 2.05) is 25.7 Å². The lowest BCUT2D eigenvalue weighted by Crippen LogP contribution is -2.57. The number of halogens is 2. The number of ether oxygens (including phenoxy) is 2. The molecule has 2 saturated heterocycles. The number of fused-ring (bicyclic) bond motifs is 3. The monoisotopic (exact) mass is 587 g/mol. The highest BCUT2D eigenvalue weighted by Crippen LogP contribution is 2.50. The fraction of sp³-hybridized carbons (Fsp3) is 0.667. The molecule has 0 spiro atoms. The van der Waals surface area contributed by atoms with E-state index in [9.17, 15) is 13.2 Å². The minimum absolute atomic E-state index is 0.00720. The lowest BCUT2D eigenvalue weighted by atomic mass is 10.0. The number of aromatic nitrogens is 3. The lowest BCUT2D eigenvalue weighted by Gasteiger charge is -2.42. The molecule has 3 fully saturated rings. The largest absolute Gasteiger partial charge is 0.463 e. The number of piperazine rings is 1. The van der Waals surface area contributed by atoms with Gasteiger partial charge in [0.25, 0.3) is 0 Å². The molecule has 214 valence electrons. The summed E-state index contributed by atoms with van der Waals surface area (Å²) in [6.07, 6.45) is 2.99. The van der Waals surface area contributed by atoms with Crippen LogP contribution < -0.4 is 9.64 Å². The number of carbonyl (C=O) groups excluding carboxylic acids is 1. The topological polar surface area (TPSA) is 144 Å². The summed E-state index contributed by atoms with van der Waals surface area (Å²) in [5.74, 6) is -0.423. The molecule has 0 radical (unpaired) electrons. The summed E-state index contributed by atoms with van der Waals surface area (Å²) in [6.45, 7) is 7.88. The molecule has 1 aliphatic carbocycles. The summed E-state index contributed by atoms with van der Waals surface area (Å²) in [6, 6.07) is -0.358. The highest BCUT2D eigenvalue weighted by atomic mass is 35.5. The molecule has 2 aromatic rings. The first-order valence-electron chi connectivity index (χ1n) is 12.7. The van der Waals surface area contributed by atoms with Gasteiger partial charge in [-0.05, 0) is 53.4 Å².